The van der Waals surface area contributed by atoms with Crippen molar-refractivity contribution in [3.63, 3.8) is 0 Å². The van der Waals surface area contributed by atoms with E-state index in [4.69, 9.17) is 9.47 Å². The van der Waals surface area contributed by atoms with Crippen molar-refractivity contribution in [1.82, 2.24) is 14.7 Å². The van der Waals surface area contributed by atoms with Gasteiger partial charge in [-0.2, -0.15) is 5.10 Å². The quantitative estimate of drug-likeness (QED) is 0.860. The van der Waals surface area contributed by atoms with E-state index >= 15 is 0 Å². The predicted octanol–water partition coefficient (Wildman–Crippen LogP) is 2.34. The van der Waals surface area contributed by atoms with Crippen LogP contribution in [0.5, 0.6) is 11.5 Å². The average Bonchev–Trinajstić information content (AvgIpc) is 3.28. The number of carbonyl (C=O) groups excluding carboxylic acids is 1. The average molecular weight is 341 g/mol. The number of aryl methyl sites for hydroxylation is 1. The fourth-order valence-corrected chi connectivity index (χ4v) is 3.86. The maximum atomic E-state index is 13.1. The molecular formula is C19H23N3O3. The maximum absolute atomic E-state index is 13.1. The number of methoxy groups -OCH3 is 1. The summed E-state index contributed by atoms with van der Waals surface area (Å²) in [6, 6.07) is 5.95. The van der Waals surface area contributed by atoms with Crippen LogP contribution in [-0.2, 0) is 18.3 Å². The van der Waals surface area contributed by atoms with Crippen molar-refractivity contribution in [2.45, 2.75) is 25.3 Å². The highest BCUT2D eigenvalue weighted by Gasteiger charge is 2.36. The lowest BCUT2D eigenvalue weighted by Gasteiger charge is -2.31. The number of aromatic nitrogens is 2. The van der Waals surface area contributed by atoms with Crippen molar-refractivity contribution in [2.24, 2.45) is 13.0 Å². The molecule has 1 saturated heterocycles. The Kier molecular flexibility index (Phi) is 4.11. The summed E-state index contributed by atoms with van der Waals surface area (Å²) in [5, 5.41) is 4.26. The standard InChI is InChI=1S/C19H23N3O3/c1-21-11-15(10-20-21)17-4-3-7-22(17)19(23)14-8-13-5-6-16(24-2)9-18(13)25-12-14/h5-6,9-11,14,17H,3-4,7-8,12H2,1-2H3/t14-,17-/m0/s1. The van der Waals surface area contributed by atoms with Gasteiger partial charge in [0.05, 0.1) is 25.3 Å². The number of rotatable bonds is 3. The van der Waals surface area contributed by atoms with E-state index in [1.54, 1.807) is 11.8 Å². The summed E-state index contributed by atoms with van der Waals surface area (Å²) < 4.78 is 12.9. The van der Waals surface area contributed by atoms with E-state index in [9.17, 15) is 4.79 Å². The van der Waals surface area contributed by atoms with Gasteiger partial charge in [-0.3, -0.25) is 9.48 Å². The summed E-state index contributed by atoms with van der Waals surface area (Å²) in [4.78, 5) is 15.1. The van der Waals surface area contributed by atoms with Crippen molar-refractivity contribution < 1.29 is 14.3 Å². The summed E-state index contributed by atoms with van der Waals surface area (Å²) in [6.07, 6.45) is 6.63. The zero-order chi connectivity index (χ0) is 17.4. The number of nitrogens with zero attached hydrogens (tertiary/aromatic N) is 3. The Morgan fingerprint density at radius 1 is 1.40 bits per heavy atom. The minimum Gasteiger partial charge on any atom is -0.497 e. The molecule has 0 spiro atoms. The predicted molar refractivity (Wildman–Crippen MR) is 92.6 cm³/mol. The molecule has 4 rings (SSSR count). The van der Waals surface area contributed by atoms with Crippen molar-refractivity contribution >= 4 is 5.91 Å². The highest BCUT2D eigenvalue weighted by molar-refractivity contribution is 5.80. The summed E-state index contributed by atoms with van der Waals surface area (Å²) in [7, 11) is 3.55. The van der Waals surface area contributed by atoms with Crippen LogP contribution in [0, 0.1) is 5.92 Å². The second-order valence-electron chi connectivity index (χ2n) is 6.82. The van der Waals surface area contributed by atoms with Gasteiger partial charge in [-0.15, -0.1) is 0 Å². The molecular weight excluding hydrogens is 318 g/mol. The molecule has 0 aliphatic carbocycles. The number of likely N-dealkylation sites (tertiary alicyclic amines) is 1. The maximum Gasteiger partial charge on any atom is 0.229 e. The Bertz CT molecular complexity index is 786. The van der Waals surface area contributed by atoms with Crippen LogP contribution in [0.1, 0.15) is 30.0 Å². The van der Waals surface area contributed by atoms with Crippen molar-refractivity contribution in [3.8, 4) is 11.5 Å². The smallest absolute Gasteiger partial charge is 0.229 e. The molecule has 1 fully saturated rings. The minimum atomic E-state index is -0.127. The van der Waals surface area contributed by atoms with Crippen LogP contribution in [0.2, 0.25) is 0 Å². The van der Waals surface area contributed by atoms with Gasteiger partial charge in [0.25, 0.3) is 0 Å². The molecule has 2 aromatic rings. The van der Waals surface area contributed by atoms with Gasteiger partial charge in [0.2, 0.25) is 5.91 Å². The van der Waals surface area contributed by atoms with Crippen LogP contribution in [0.4, 0.5) is 0 Å². The van der Waals surface area contributed by atoms with Gasteiger partial charge >= 0.3 is 0 Å². The number of amides is 1. The van der Waals surface area contributed by atoms with Gasteiger partial charge in [-0.25, -0.2) is 0 Å². The molecule has 2 aliphatic rings. The molecule has 3 heterocycles. The summed E-state index contributed by atoms with van der Waals surface area (Å²) in [5.74, 6) is 1.67. The van der Waals surface area contributed by atoms with Crippen LogP contribution < -0.4 is 9.47 Å². The summed E-state index contributed by atoms with van der Waals surface area (Å²) in [5.41, 5.74) is 2.19. The van der Waals surface area contributed by atoms with Gasteiger partial charge < -0.3 is 14.4 Å². The summed E-state index contributed by atoms with van der Waals surface area (Å²) in [6.45, 7) is 1.24. The molecule has 1 aromatic carbocycles. The van der Waals surface area contributed by atoms with Crippen LogP contribution in [0.25, 0.3) is 0 Å². The van der Waals surface area contributed by atoms with E-state index < -0.39 is 0 Å². The molecule has 25 heavy (non-hydrogen) atoms. The normalized spacial score (nSPS) is 22.4. The van der Waals surface area contributed by atoms with Gasteiger partial charge in [0, 0.05) is 31.4 Å². The Hall–Kier alpha value is -2.50. The first-order valence-electron chi connectivity index (χ1n) is 8.74. The lowest BCUT2D eigenvalue weighted by molar-refractivity contribution is -0.137. The van der Waals surface area contributed by atoms with Crippen LogP contribution in [0.15, 0.2) is 30.6 Å². The fourth-order valence-electron chi connectivity index (χ4n) is 3.86. The third-order valence-electron chi connectivity index (χ3n) is 5.18. The van der Waals surface area contributed by atoms with E-state index in [0.717, 1.165) is 42.0 Å². The van der Waals surface area contributed by atoms with Gasteiger partial charge in [-0.1, -0.05) is 6.07 Å². The van der Waals surface area contributed by atoms with Crippen molar-refractivity contribution in [2.75, 3.05) is 20.3 Å². The second kappa shape index (κ2) is 6.43. The molecule has 0 radical (unpaired) electrons. The lowest BCUT2D eigenvalue weighted by atomic mass is 9.94. The largest absolute Gasteiger partial charge is 0.497 e. The van der Waals surface area contributed by atoms with Crippen molar-refractivity contribution in [1.29, 1.82) is 0 Å². The van der Waals surface area contributed by atoms with Gasteiger partial charge in [0.1, 0.15) is 18.1 Å². The topological polar surface area (TPSA) is 56.6 Å². The molecule has 1 aromatic heterocycles. The number of carbonyl (C=O) groups is 1. The molecule has 0 N–H and O–H groups in total. The molecule has 0 unspecified atom stereocenters. The Morgan fingerprint density at radius 3 is 3.04 bits per heavy atom. The van der Waals surface area contributed by atoms with E-state index in [2.05, 4.69) is 5.10 Å². The molecule has 6 nitrogen and oxygen atoms in total. The highest BCUT2D eigenvalue weighted by atomic mass is 16.5. The molecule has 0 saturated carbocycles. The third kappa shape index (κ3) is 2.97. The van der Waals surface area contributed by atoms with E-state index in [0.29, 0.717) is 13.0 Å². The number of ether oxygens (including phenoxy) is 2. The zero-order valence-corrected chi connectivity index (χ0v) is 14.6. The van der Waals surface area contributed by atoms with Gasteiger partial charge in [-0.05, 0) is 30.9 Å². The minimum absolute atomic E-state index is 0.127. The molecule has 1 amide bonds. The molecule has 2 aliphatic heterocycles. The second-order valence-corrected chi connectivity index (χ2v) is 6.82. The Balaban J connectivity index is 1.51. The first-order valence-corrected chi connectivity index (χ1v) is 8.74. The van der Waals surface area contributed by atoms with Crippen molar-refractivity contribution in [3.05, 3.63) is 41.7 Å². The third-order valence-corrected chi connectivity index (χ3v) is 5.18. The number of fused-ring (bicyclic) bond motifs is 1. The zero-order valence-electron chi connectivity index (χ0n) is 14.6. The van der Waals surface area contributed by atoms with Crippen LogP contribution >= 0.6 is 0 Å². The monoisotopic (exact) mass is 341 g/mol. The number of benzene rings is 1. The lowest BCUT2D eigenvalue weighted by Crippen LogP contribution is -2.40. The first kappa shape index (κ1) is 16.0. The fraction of sp³-hybridized carbons (Fsp3) is 0.474. The van der Waals surface area contributed by atoms with Crippen LogP contribution in [0.3, 0.4) is 0 Å². The first-order chi connectivity index (χ1) is 12.2. The number of hydrogen-bond donors (Lipinski definition) is 0. The Labute approximate surface area is 147 Å². The molecule has 132 valence electrons. The SMILES string of the molecule is COc1ccc2c(c1)OC[C@@H](C(=O)N1CCC[C@H]1c1cnn(C)c1)C2. The molecule has 2 atom stereocenters. The van der Waals surface area contributed by atoms with E-state index in [1.807, 2.05) is 42.5 Å². The van der Waals surface area contributed by atoms with Gasteiger partial charge in [0.15, 0.2) is 0 Å². The number of hydrogen-bond acceptors (Lipinski definition) is 4. The summed E-state index contributed by atoms with van der Waals surface area (Å²) >= 11 is 0. The molecule has 0 bridgehead atoms. The Morgan fingerprint density at radius 2 is 2.28 bits per heavy atom. The molecule has 6 heteroatoms. The van der Waals surface area contributed by atoms with Crippen LogP contribution in [-0.4, -0.2) is 40.8 Å². The highest BCUT2D eigenvalue weighted by Crippen LogP contribution is 2.36. The van der Waals surface area contributed by atoms with E-state index in [1.165, 1.54) is 0 Å². The van der Waals surface area contributed by atoms with E-state index in [-0.39, 0.29) is 17.9 Å².